The summed E-state index contributed by atoms with van der Waals surface area (Å²) >= 11 is 6.27. The second-order valence-electron chi connectivity index (χ2n) is 5.53. The third kappa shape index (κ3) is 3.88. The molecule has 0 aliphatic heterocycles. The lowest BCUT2D eigenvalue weighted by Crippen LogP contribution is -2.32. The monoisotopic (exact) mass is 387 g/mol. The molecule has 3 rings (SSSR count). The Balaban J connectivity index is 2.05. The highest BCUT2D eigenvalue weighted by molar-refractivity contribution is 6.32. The molecule has 8 heteroatoms. The van der Waals surface area contributed by atoms with Crippen LogP contribution in [0.15, 0.2) is 51.1 Å². The highest BCUT2D eigenvalue weighted by Gasteiger charge is 2.12. The van der Waals surface area contributed by atoms with Crippen molar-refractivity contribution in [1.29, 1.82) is 0 Å². The summed E-state index contributed by atoms with van der Waals surface area (Å²) < 4.78 is 11.8. The fraction of sp³-hybridized carbons (Fsp3) is 0.211. The standard InChI is InChI=1S/C19H18ClN3O4/c1-3-26-16-10-12(9-14(20)17(16)27-4-2)11-21-23-18(24)13-7-5-6-8-15(13)22-19(23)25/h5-11H,3-4H2,1-2H3,(H,22,25). The molecule has 0 bridgehead atoms. The van der Waals surface area contributed by atoms with Gasteiger partial charge < -0.3 is 14.5 Å². The Labute approximate surface area is 159 Å². The number of hydrogen-bond acceptors (Lipinski definition) is 5. The molecule has 3 aromatic rings. The van der Waals surface area contributed by atoms with Gasteiger partial charge in [0.1, 0.15) is 0 Å². The first-order valence-corrected chi connectivity index (χ1v) is 8.80. The lowest BCUT2D eigenvalue weighted by atomic mass is 10.2. The van der Waals surface area contributed by atoms with Crippen LogP contribution >= 0.6 is 11.6 Å². The summed E-state index contributed by atoms with van der Waals surface area (Å²) in [5, 5.41) is 4.74. The fourth-order valence-electron chi connectivity index (χ4n) is 2.59. The molecule has 0 amide bonds. The van der Waals surface area contributed by atoms with E-state index in [1.165, 1.54) is 6.21 Å². The van der Waals surface area contributed by atoms with E-state index in [0.29, 0.717) is 46.2 Å². The Hall–Kier alpha value is -3.06. The Bertz CT molecular complexity index is 1120. The highest BCUT2D eigenvalue weighted by atomic mass is 35.5. The number of nitrogens with one attached hydrogen (secondary N) is 1. The van der Waals surface area contributed by atoms with Crippen molar-refractivity contribution < 1.29 is 9.47 Å². The molecular formula is C19H18ClN3O4. The number of H-pyrrole nitrogens is 1. The van der Waals surface area contributed by atoms with Crippen LogP contribution in [-0.4, -0.2) is 29.1 Å². The van der Waals surface area contributed by atoms with Crippen LogP contribution in [0.4, 0.5) is 0 Å². The predicted octanol–water partition coefficient (Wildman–Crippen LogP) is 3.02. The van der Waals surface area contributed by atoms with E-state index in [4.69, 9.17) is 21.1 Å². The van der Waals surface area contributed by atoms with Crippen LogP contribution in [0.2, 0.25) is 5.02 Å². The van der Waals surface area contributed by atoms with Gasteiger partial charge in [-0.05, 0) is 43.7 Å². The topological polar surface area (TPSA) is 85.7 Å². The first kappa shape index (κ1) is 18.7. The number of para-hydroxylation sites is 1. The van der Waals surface area contributed by atoms with Gasteiger partial charge >= 0.3 is 5.69 Å². The van der Waals surface area contributed by atoms with Gasteiger partial charge in [-0.2, -0.15) is 5.10 Å². The SMILES string of the molecule is CCOc1cc(C=Nn2c(=O)[nH]c3ccccc3c2=O)cc(Cl)c1OCC. The molecule has 2 aromatic carbocycles. The molecule has 27 heavy (non-hydrogen) atoms. The zero-order valence-corrected chi connectivity index (χ0v) is 15.6. The molecule has 140 valence electrons. The molecule has 7 nitrogen and oxygen atoms in total. The van der Waals surface area contributed by atoms with Gasteiger partial charge in [0.25, 0.3) is 5.56 Å². The Morgan fingerprint density at radius 2 is 1.89 bits per heavy atom. The van der Waals surface area contributed by atoms with E-state index in [9.17, 15) is 9.59 Å². The summed E-state index contributed by atoms with van der Waals surface area (Å²) in [5.41, 5.74) is -0.113. The Kier molecular flexibility index (Phi) is 5.61. The smallest absolute Gasteiger partial charge is 0.349 e. The number of benzene rings is 2. The van der Waals surface area contributed by atoms with Crippen molar-refractivity contribution >= 4 is 28.7 Å². The van der Waals surface area contributed by atoms with Crippen molar-refractivity contribution in [3.05, 3.63) is 67.8 Å². The molecule has 1 heterocycles. The molecule has 0 saturated heterocycles. The first-order valence-electron chi connectivity index (χ1n) is 8.42. The summed E-state index contributed by atoms with van der Waals surface area (Å²) in [6, 6.07) is 10.1. The van der Waals surface area contributed by atoms with E-state index < -0.39 is 11.2 Å². The number of rotatable bonds is 6. The van der Waals surface area contributed by atoms with Crippen LogP contribution in [0.1, 0.15) is 19.4 Å². The molecule has 1 N–H and O–H groups in total. The summed E-state index contributed by atoms with van der Waals surface area (Å²) in [6.07, 6.45) is 1.37. The Morgan fingerprint density at radius 3 is 2.63 bits per heavy atom. The van der Waals surface area contributed by atoms with Gasteiger partial charge in [-0.3, -0.25) is 4.79 Å². The summed E-state index contributed by atoms with van der Waals surface area (Å²) in [7, 11) is 0. The molecule has 0 aliphatic carbocycles. The second-order valence-corrected chi connectivity index (χ2v) is 5.94. The minimum atomic E-state index is -0.628. The van der Waals surface area contributed by atoms with E-state index in [-0.39, 0.29) is 0 Å². The zero-order chi connectivity index (χ0) is 19.4. The summed E-state index contributed by atoms with van der Waals surface area (Å²) in [6.45, 7) is 4.56. The Morgan fingerprint density at radius 1 is 1.15 bits per heavy atom. The third-order valence-corrected chi connectivity index (χ3v) is 4.01. The maximum absolute atomic E-state index is 12.5. The molecule has 0 unspecified atom stereocenters. The van der Waals surface area contributed by atoms with Crippen LogP contribution in [0.5, 0.6) is 11.5 Å². The van der Waals surface area contributed by atoms with Crippen LogP contribution in [-0.2, 0) is 0 Å². The molecule has 0 radical (unpaired) electrons. The predicted molar refractivity (Wildman–Crippen MR) is 106 cm³/mol. The van der Waals surface area contributed by atoms with E-state index in [0.717, 1.165) is 4.68 Å². The number of halogens is 1. The quantitative estimate of drug-likeness (QED) is 0.659. The average Bonchev–Trinajstić information content (AvgIpc) is 2.64. The van der Waals surface area contributed by atoms with Crippen LogP contribution in [0.3, 0.4) is 0 Å². The average molecular weight is 388 g/mol. The van der Waals surface area contributed by atoms with Gasteiger partial charge in [0, 0.05) is 0 Å². The van der Waals surface area contributed by atoms with Gasteiger partial charge in [0.2, 0.25) is 0 Å². The maximum Gasteiger partial charge on any atom is 0.349 e. The molecule has 0 saturated carbocycles. The molecule has 1 aromatic heterocycles. The van der Waals surface area contributed by atoms with Gasteiger partial charge in [-0.25, -0.2) is 4.79 Å². The molecule has 0 spiro atoms. The summed E-state index contributed by atoms with van der Waals surface area (Å²) in [4.78, 5) is 27.3. The van der Waals surface area contributed by atoms with E-state index in [2.05, 4.69) is 10.1 Å². The van der Waals surface area contributed by atoms with Crippen LogP contribution in [0, 0.1) is 0 Å². The minimum Gasteiger partial charge on any atom is -0.490 e. The lowest BCUT2D eigenvalue weighted by molar-refractivity contribution is 0.288. The van der Waals surface area contributed by atoms with E-state index in [1.54, 1.807) is 36.4 Å². The maximum atomic E-state index is 12.5. The summed E-state index contributed by atoms with van der Waals surface area (Å²) in [5.74, 6) is 0.909. The fourth-order valence-corrected chi connectivity index (χ4v) is 2.87. The van der Waals surface area contributed by atoms with Crippen molar-refractivity contribution in [2.45, 2.75) is 13.8 Å². The van der Waals surface area contributed by atoms with E-state index in [1.807, 2.05) is 13.8 Å². The number of hydrogen-bond donors (Lipinski definition) is 1. The normalized spacial score (nSPS) is 11.2. The van der Waals surface area contributed by atoms with Crippen molar-refractivity contribution in [3.8, 4) is 11.5 Å². The first-order chi connectivity index (χ1) is 13.0. The number of aromatic amines is 1. The van der Waals surface area contributed by atoms with Gasteiger partial charge in [0.15, 0.2) is 11.5 Å². The number of aromatic nitrogens is 2. The number of nitrogens with zero attached hydrogens (tertiary/aromatic N) is 2. The van der Waals surface area contributed by atoms with Gasteiger partial charge in [-0.15, -0.1) is 4.68 Å². The largest absolute Gasteiger partial charge is 0.490 e. The second kappa shape index (κ2) is 8.09. The van der Waals surface area contributed by atoms with Gasteiger partial charge in [0.05, 0.1) is 35.4 Å². The minimum absolute atomic E-state index is 0.351. The van der Waals surface area contributed by atoms with Crippen LogP contribution in [0.25, 0.3) is 10.9 Å². The molecular weight excluding hydrogens is 370 g/mol. The number of ether oxygens (including phenoxy) is 2. The molecule has 0 aliphatic rings. The van der Waals surface area contributed by atoms with Crippen molar-refractivity contribution in [2.75, 3.05) is 13.2 Å². The van der Waals surface area contributed by atoms with Gasteiger partial charge in [-0.1, -0.05) is 23.7 Å². The van der Waals surface area contributed by atoms with Crippen molar-refractivity contribution in [3.63, 3.8) is 0 Å². The highest BCUT2D eigenvalue weighted by Crippen LogP contribution is 2.36. The number of fused-ring (bicyclic) bond motifs is 1. The van der Waals surface area contributed by atoms with Crippen LogP contribution < -0.4 is 20.7 Å². The molecule has 0 atom stereocenters. The molecule has 0 fully saturated rings. The van der Waals surface area contributed by atoms with Crippen molar-refractivity contribution in [2.24, 2.45) is 5.10 Å². The van der Waals surface area contributed by atoms with E-state index >= 15 is 0 Å². The third-order valence-electron chi connectivity index (χ3n) is 3.73. The zero-order valence-electron chi connectivity index (χ0n) is 14.9. The van der Waals surface area contributed by atoms with Crippen molar-refractivity contribution in [1.82, 2.24) is 9.66 Å². The lowest BCUT2D eigenvalue weighted by Gasteiger charge is -2.13.